The normalized spacial score (nSPS) is 11.8. The number of rotatable bonds is 6. The zero-order chi connectivity index (χ0) is 15.4. The molecule has 0 saturated heterocycles. The molecule has 6 nitrogen and oxygen atoms in total. The van der Waals surface area contributed by atoms with Gasteiger partial charge in [0.1, 0.15) is 0 Å². The number of benzene rings is 1. The zero-order valence-electron chi connectivity index (χ0n) is 11.4. The van der Waals surface area contributed by atoms with Crippen molar-refractivity contribution in [3.05, 3.63) is 35.4 Å². The van der Waals surface area contributed by atoms with Crippen LogP contribution in [-0.2, 0) is 20.6 Å². The predicted octanol–water partition coefficient (Wildman–Crippen LogP) is 0.632. The SMILES string of the molecule is CC(C)(CC(N)=O)NS(=O)(=O)Cc1ccccc1C#N. The Labute approximate surface area is 118 Å². The second-order valence-electron chi connectivity index (χ2n) is 5.16. The molecule has 0 atom stereocenters. The van der Waals surface area contributed by atoms with E-state index < -0.39 is 21.5 Å². The number of nitrogens with two attached hydrogens (primary N) is 1. The molecule has 1 aromatic carbocycles. The number of hydrogen-bond donors (Lipinski definition) is 2. The molecular formula is C13H17N3O3S. The predicted molar refractivity (Wildman–Crippen MR) is 74.8 cm³/mol. The Hall–Kier alpha value is -1.91. The highest BCUT2D eigenvalue weighted by Gasteiger charge is 2.27. The third-order valence-electron chi connectivity index (χ3n) is 2.53. The van der Waals surface area contributed by atoms with Crippen LogP contribution >= 0.6 is 0 Å². The van der Waals surface area contributed by atoms with Crippen LogP contribution in [0.15, 0.2) is 24.3 Å². The molecule has 1 rings (SSSR count). The van der Waals surface area contributed by atoms with Gasteiger partial charge in [0.2, 0.25) is 15.9 Å². The number of nitrogens with one attached hydrogen (secondary N) is 1. The van der Waals surface area contributed by atoms with E-state index in [9.17, 15) is 13.2 Å². The highest BCUT2D eigenvalue weighted by molar-refractivity contribution is 7.88. The van der Waals surface area contributed by atoms with Gasteiger partial charge in [0.25, 0.3) is 0 Å². The number of amides is 1. The number of carbonyl (C=O) groups excluding carboxylic acids is 1. The number of hydrogen-bond acceptors (Lipinski definition) is 4. The minimum absolute atomic E-state index is 0.105. The molecule has 0 aliphatic carbocycles. The van der Waals surface area contributed by atoms with Gasteiger partial charge in [-0.15, -0.1) is 0 Å². The van der Waals surface area contributed by atoms with E-state index in [2.05, 4.69) is 4.72 Å². The van der Waals surface area contributed by atoms with Crippen LogP contribution in [0, 0.1) is 11.3 Å². The van der Waals surface area contributed by atoms with Crippen LogP contribution in [0.4, 0.5) is 0 Å². The van der Waals surface area contributed by atoms with Crippen LogP contribution < -0.4 is 10.5 Å². The molecule has 0 spiro atoms. The van der Waals surface area contributed by atoms with E-state index in [0.29, 0.717) is 11.1 Å². The summed E-state index contributed by atoms with van der Waals surface area (Å²) in [5, 5.41) is 8.94. The Morgan fingerprint density at radius 1 is 1.40 bits per heavy atom. The fourth-order valence-electron chi connectivity index (χ4n) is 1.89. The summed E-state index contributed by atoms with van der Waals surface area (Å²) in [5.74, 6) is -0.908. The summed E-state index contributed by atoms with van der Waals surface area (Å²) in [6, 6.07) is 8.42. The van der Waals surface area contributed by atoms with Crippen LogP contribution in [-0.4, -0.2) is 19.9 Å². The van der Waals surface area contributed by atoms with Gasteiger partial charge in [-0.2, -0.15) is 5.26 Å². The van der Waals surface area contributed by atoms with Crippen molar-refractivity contribution in [2.45, 2.75) is 31.6 Å². The van der Waals surface area contributed by atoms with E-state index in [0.717, 1.165) is 0 Å². The number of nitriles is 1. The average molecular weight is 295 g/mol. The van der Waals surface area contributed by atoms with Crippen LogP contribution in [0.2, 0.25) is 0 Å². The lowest BCUT2D eigenvalue weighted by atomic mass is 10.0. The van der Waals surface area contributed by atoms with E-state index >= 15 is 0 Å². The van der Waals surface area contributed by atoms with Gasteiger partial charge in [-0.05, 0) is 25.5 Å². The fourth-order valence-corrected chi connectivity index (χ4v) is 3.54. The molecule has 0 fully saturated rings. The van der Waals surface area contributed by atoms with Crippen molar-refractivity contribution in [2.24, 2.45) is 5.73 Å². The first-order chi connectivity index (χ1) is 9.15. The van der Waals surface area contributed by atoms with Crippen LogP contribution in [0.1, 0.15) is 31.4 Å². The Kier molecular flexibility index (Phi) is 4.87. The Morgan fingerprint density at radius 3 is 2.55 bits per heavy atom. The fraction of sp³-hybridized carbons (Fsp3) is 0.385. The van der Waals surface area contributed by atoms with Crippen molar-refractivity contribution in [2.75, 3.05) is 0 Å². The van der Waals surface area contributed by atoms with Crippen LogP contribution in [0.25, 0.3) is 0 Å². The van der Waals surface area contributed by atoms with Gasteiger partial charge in [0.15, 0.2) is 0 Å². The van der Waals surface area contributed by atoms with Crippen molar-refractivity contribution < 1.29 is 13.2 Å². The molecule has 1 amide bonds. The van der Waals surface area contributed by atoms with Crippen molar-refractivity contribution >= 4 is 15.9 Å². The molecule has 108 valence electrons. The summed E-state index contributed by atoms with van der Waals surface area (Å²) < 4.78 is 26.6. The molecule has 0 saturated carbocycles. The third-order valence-corrected chi connectivity index (χ3v) is 4.09. The topological polar surface area (TPSA) is 113 Å². The molecule has 0 unspecified atom stereocenters. The van der Waals surface area contributed by atoms with E-state index in [1.54, 1.807) is 38.1 Å². The average Bonchev–Trinajstić information content (AvgIpc) is 2.25. The molecule has 0 aliphatic rings. The summed E-state index contributed by atoms with van der Waals surface area (Å²) >= 11 is 0. The molecule has 20 heavy (non-hydrogen) atoms. The lowest BCUT2D eigenvalue weighted by Gasteiger charge is -2.24. The zero-order valence-corrected chi connectivity index (χ0v) is 12.2. The molecule has 0 aromatic heterocycles. The van der Waals surface area contributed by atoms with E-state index in [4.69, 9.17) is 11.0 Å². The maximum absolute atomic E-state index is 12.1. The van der Waals surface area contributed by atoms with Crippen LogP contribution in [0.3, 0.4) is 0 Å². The second kappa shape index (κ2) is 6.03. The molecular weight excluding hydrogens is 278 g/mol. The monoisotopic (exact) mass is 295 g/mol. The molecule has 1 aromatic rings. The minimum Gasteiger partial charge on any atom is -0.370 e. The summed E-state index contributed by atoms with van der Waals surface area (Å²) in [4.78, 5) is 10.9. The molecule has 3 N–H and O–H groups in total. The van der Waals surface area contributed by atoms with Crippen molar-refractivity contribution in [1.82, 2.24) is 4.72 Å². The number of carbonyl (C=O) groups is 1. The number of sulfonamides is 1. The smallest absolute Gasteiger partial charge is 0.219 e. The molecule has 0 aliphatic heterocycles. The Morgan fingerprint density at radius 2 is 2.00 bits per heavy atom. The van der Waals surface area contributed by atoms with E-state index in [1.807, 2.05) is 6.07 Å². The van der Waals surface area contributed by atoms with Crippen molar-refractivity contribution in [3.8, 4) is 6.07 Å². The van der Waals surface area contributed by atoms with E-state index in [1.165, 1.54) is 0 Å². The van der Waals surface area contributed by atoms with Gasteiger partial charge in [-0.3, -0.25) is 4.79 Å². The van der Waals surface area contributed by atoms with Gasteiger partial charge in [0.05, 0.1) is 17.4 Å². The van der Waals surface area contributed by atoms with Gasteiger partial charge in [-0.25, -0.2) is 13.1 Å². The highest BCUT2D eigenvalue weighted by Crippen LogP contribution is 2.15. The lowest BCUT2D eigenvalue weighted by molar-refractivity contribution is -0.119. The van der Waals surface area contributed by atoms with Crippen LogP contribution in [0.5, 0.6) is 0 Å². The second-order valence-corrected chi connectivity index (χ2v) is 6.88. The summed E-state index contributed by atoms with van der Waals surface area (Å²) in [5.41, 5.74) is 4.84. The molecule has 0 radical (unpaired) electrons. The summed E-state index contributed by atoms with van der Waals surface area (Å²) in [7, 11) is -3.68. The number of primary amides is 1. The van der Waals surface area contributed by atoms with E-state index in [-0.39, 0.29) is 12.2 Å². The first kappa shape index (κ1) is 16.1. The van der Waals surface area contributed by atoms with Gasteiger partial charge in [0, 0.05) is 12.0 Å². The maximum atomic E-state index is 12.1. The largest absolute Gasteiger partial charge is 0.370 e. The molecule has 7 heteroatoms. The molecule has 0 bridgehead atoms. The van der Waals surface area contributed by atoms with Crippen molar-refractivity contribution in [1.29, 1.82) is 5.26 Å². The summed E-state index contributed by atoms with van der Waals surface area (Å²) in [6.07, 6.45) is -0.105. The van der Waals surface area contributed by atoms with Gasteiger partial charge < -0.3 is 5.73 Å². The Bertz CT molecular complexity index is 645. The lowest BCUT2D eigenvalue weighted by Crippen LogP contribution is -2.46. The first-order valence-corrected chi connectivity index (χ1v) is 7.58. The highest BCUT2D eigenvalue weighted by atomic mass is 32.2. The standard InChI is InChI=1S/C13H17N3O3S/c1-13(2,7-12(15)17)16-20(18,19)9-11-6-4-3-5-10(11)8-14/h3-6,16H,7,9H2,1-2H3,(H2,15,17). The molecule has 0 heterocycles. The minimum atomic E-state index is -3.68. The maximum Gasteiger partial charge on any atom is 0.219 e. The first-order valence-electron chi connectivity index (χ1n) is 5.93. The van der Waals surface area contributed by atoms with Crippen molar-refractivity contribution in [3.63, 3.8) is 0 Å². The van der Waals surface area contributed by atoms with Gasteiger partial charge >= 0.3 is 0 Å². The third kappa shape index (κ3) is 4.99. The quantitative estimate of drug-likeness (QED) is 0.801. The Balaban J connectivity index is 2.91. The number of nitrogens with zero attached hydrogens (tertiary/aromatic N) is 1. The summed E-state index contributed by atoms with van der Waals surface area (Å²) in [6.45, 7) is 3.15. The van der Waals surface area contributed by atoms with Gasteiger partial charge in [-0.1, -0.05) is 18.2 Å².